The van der Waals surface area contributed by atoms with Crippen LogP contribution in [0.25, 0.3) is 0 Å². The summed E-state index contributed by atoms with van der Waals surface area (Å²) in [6.45, 7) is 11.9. The molecule has 0 rings (SSSR count). The molecule has 0 saturated carbocycles. The summed E-state index contributed by atoms with van der Waals surface area (Å²) in [5.41, 5.74) is 0. The molecule has 0 saturated heterocycles. The lowest BCUT2D eigenvalue weighted by atomic mass is 10.5. The standard InChI is InChI=1S/C8H16O2.C5H12O2/c1-3-5-9-7-8-10-6-4-2;1-2-4-7-5-3-6/h3H,1,4-8H2,2H3;6H,2-5H2,1H3. The van der Waals surface area contributed by atoms with Gasteiger partial charge in [-0.15, -0.1) is 6.58 Å². The molecular formula is C13H28O4. The molecule has 0 atom stereocenters. The third-order valence-electron chi connectivity index (χ3n) is 1.54. The van der Waals surface area contributed by atoms with Crippen molar-refractivity contribution in [2.24, 2.45) is 0 Å². The molecule has 0 aromatic rings. The Morgan fingerprint density at radius 3 is 1.88 bits per heavy atom. The van der Waals surface area contributed by atoms with Crippen LogP contribution in [0.4, 0.5) is 0 Å². The van der Waals surface area contributed by atoms with Gasteiger partial charge in [0.15, 0.2) is 0 Å². The molecule has 0 aliphatic rings. The number of aliphatic hydroxyl groups is 1. The lowest BCUT2D eigenvalue weighted by Crippen LogP contribution is -2.04. The van der Waals surface area contributed by atoms with E-state index >= 15 is 0 Å². The van der Waals surface area contributed by atoms with Crippen molar-refractivity contribution >= 4 is 0 Å². The van der Waals surface area contributed by atoms with E-state index < -0.39 is 0 Å². The summed E-state index contributed by atoms with van der Waals surface area (Å²) in [5.74, 6) is 0. The normalized spacial score (nSPS) is 9.59. The monoisotopic (exact) mass is 248 g/mol. The fraction of sp³-hybridized carbons (Fsp3) is 0.846. The van der Waals surface area contributed by atoms with E-state index in [0.717, 1.165) is 26.1 Å². The third kappa shape index (κ3) is 25.7. The first kappa shape index (κ1) is 18.9. The molecule has 0 radical (unpaired) electrons. The Labute approximate surface area is 106 Å². The molecular weight excluding hydrogens is 220 g/mol. The second kappa shape index (κ2) is 20.9. The molecule has 0 aromatic carbocycles. The van der Waals surface area contributed by atoms with Crippen LogP contribution in [0.2, 0.25) is 0 Å². The van der Waals surface area contributed by atoms with E-state index in [1.807, 2.05) is 6.92 Å². The highest BCUT2D eigenvalue weighted by Gasteiger charge is 1.84. The van der Waals surface area contributed by atoms with E-state index in [1.54, 1.807) is 6.08 Å². The largest absolute Gasteiger partial charge is 0.394 e. The average molecular weight is 248 g/mol. The first-order valence-corrected chi connectivity index (χ1v) is 6.28. The van der Waals surface area contributed by atoms with Crippen LogP contribution in [0.15, 0.2) is 12.7 Å². The average Bonchev–Trinajstić information content (AvgIpc) is 2.35. The molecule has 1 N–H and O–H groups in total. The smallest absolute Gasteiger partial charge is 0.0704 e. The van der Waals surface area contributed by atoms with Crippen molar-refractivity contribution in [3.63, 3.8) is 0 Å². The van der Waals surface area contributed by atoms with E-state index in [0.29, 0.717) is 26.4 Å². The van der Waals surface area contributed by atoms with Crippen LogP contribution in [0.1, 0.15) is 26.7 Å². The Bertz CT molecular complexity index is 125. The quantitative estimate of drug-likeness (QED) is 0.449. The lowest BCUT2D eigenvalue weighted by molar-refractivity contribution is 0.0588. The SMILES string of the molecule is C=CCOCCOCCC.CCCOCCO. The van der Waals surface area contributed by atoms with Gasteiger partial charge in [0.1, 0.15) is 0 Å². The van der Waals surface area contributed by atoms with Crippen LogP contribution in [0, 0.1) is 0 Å². The van der Waals surface area contributed by atoms with Crippen LogP contribution in [-0.2, 0) is 14.2 Å². The minimum absolute atomic E-state index is 0.139. The maximum Gasteiger partial charge on any atom is 0.0704 e. The second-order valence-corrected chi connectivity index (χ2v) is 3.31. The predicted octanol–water partition coefficient (Wildman–Crippen LogP) is 2.02. The highest BCUT2D eigenvalue weighted by atomic mass is 16.5. The summed E-state index contributed by atoms with van der Waals surface area (Å²) in [6.07, 6.45) is 3.83. The maximum absolute atomic E-state index is 8.17. The van der Waals surface area contributed by atoms with Crippen LogP contribution in [0.5, 0.6) is 0 Å². The highest BCUT2D eigenvalue weighted by Crippen LogP contribution is 1.81. The van der Waals surface area contributed by atoms with Gasteiger partial charge in [0.2, 0.25) is 0 Å². The molecule has 0 aromatic heterocycles. The molecule has 0 bridgehead atoms. The molecule has 0 aliphatic heterocycles. The van der Waals surface area contributed by atoms with E-state index in [4.69, 9.17) is 19.3 Å². The Morgan fingerprint density at radius 2 is 1.41 bits per heavy atom. The number of aliphatic hydroxyl groups excluding tert-OH is 1. The van der Waals surface area contributed by atoms with Gasteiger partial charge >= 0.3 is 0 Å². The molecule has 17 heavy (non-hydrogen) atoms. The van der Waals surface area contributed by atoms with Crippen molar-refractivity contribution in [3.05, 3.63) is 12.7 Å². The molecule has 0 unspecified atom stereocenters. The number of hydrogen-bond donors (Lipinski definition) is 1. The van der Waals surface area contributed by atoms with Crippen LogP contribution >= 0.6 is 0 Å². The van der Waals surface area contributed by atoms with Gasteiger partial charge in [0.05, 0.1) is 33.0 Å². The van der Waals surface area contributed by atoms with Crippen molar-refractivity contribution in [2.45, 2.75) is 26.7 Å². The molecule has 0 amide bonds. The van der Waals surface area contributed by atoms with Crippen LogP contribution < -0.4 is 0 Å². The minimum atomic E-state index is 0.139. The summed E-state index contributed by atoms with van der Waals surface area (Å²) in [6, 6.07) is 0. The fourth-order valence-electron chi connectivity index (χ4n) is 0.842. The van der Waals surface area contributed by atoms with Gasteiger partial charge in [-0.2, -0.15) is 0 Å². The fourth-order valence-corrected chi connectivity index (χ4v) is 0.842. The molecule has 4 nitrogen and oxygen atoms in total. The van der Waals surface area contributed by atoms with Gasteiger partial charge in [-0.1, -0.05) is 19.9 Å². The first-order chi connectivity index (χ1) is 8.33. The Kier molecular flexibility index (Phi) is 23.3. The maximum atomic E-state index is 8.17. The van der Waals surface area contributed by atoms with Gasteiger partial charge in [0, 0.05) is 13.2 Å². The zero-order valence-electron chi connectivity index (χ0n) is 11.3. The molecule has 0 aliphatic carbocycles. The number of rotatable bonds is 11. The molecule has 0 fully saturated rings. The molecule has 0 heterocycles. The van der Waals surface area contributed by atoms with Gasteiger partial charge in [0.25, 0.3) is 0 Å². The van der Waals surface area contributed by atoms with Gasteiger partial charge in [-0.3, -0.25) is 0 Å². The summed E-state index contributed by atoms with van der Waals surface area (Å²) in [7, 11) is 0. The lowest BCUT2D eigenvalue weighted by Gasteiger charge is -2.01. The molecule has 104 valence electrons. The van der Waals surface area contributed by atoms with E-state index in [9.17, 15) is 0 Å². The van der Waals surface area contributed by atoms with E-state index in [1.165, 1.54) is 0 Å². The number of ether oxygens (including phenoxy) is 3. The van der Waals surface area contributed by atoms with Crippen LogP contribution in [0.3, 0.4) is 0 Å². The summed E-state index contributed by atoms with van der Waals surface area (Å²) in [5, 5.41) is 8.17. The summed E-state index contributed by atoms with van der Waals surface area (Å²) >= 11 is 0. The zero-order chi connectivity index (χ0) is 13.2. The third-order valence-corrected chi connectivity index (χ3v) is 1.54. The molecule has 0 spiro atoms. The van der Waals surface area contributed by atoms with E-state index in [2.05, 4.69) is 13.5 Å². The minimum Gasteiger partial charge on any atom is -0.394 e. The topological polar surface area (TPSA) is 47.9 Å². The van der Waals surface area contributed by atoms with Crippen molar-refractivity contribution in [1.82, 2.24) is 0 Å². The van der Waals surface area contributed by atoms with Crippen molar-refractivity contribution < 1.29 is 19.3 Å². The van der Waals surface area contributed by atoms with Crippen molar-refractivity contribution in [3.8, 4) is 0 Å². The van der Waals surface area contributed by atoms with Gasteiger partial charge in [-0.25, -0.2) is 0 Å². The van der Waals surface area contributed by atoms with E-state index in [-0.39, 0.29) is 6.61 Å². The van der Waals surface area contributed by atoms with Gasteiger partial charge < -0.3 is 19.3 Å². The van der Waals surface area contributed by atoms with Gasteiger partial charge in [-0.05, 0) is 12.8 Å². The Balaban J connectivity index is 0. The predicted molar refractivity (Wildman–Crippen MR) is 70.3 cm³/mol. The van der Waals surface area contributed by atoms with Crippen LogP contribution in [-0.4, -0.2) is 51.4 Å². The first-order valence-electron chi connectivity index (χ1n) is 6.28. The zero-order valence-corrected chi connectivity index (χ0v) is 11.3. The summed E-state index contributed by atoms with van der Waals surface area (Å²) < 4.78 is 15.1. The number of hydrogen-bond acceptors (Lipinski definition) is 4. The Hall–Kier alpha value is -0.420. The summed E-state index contributed by atoms with van der Waals surface area (Å²) in [4.78, 5) is 0. The Morgan fingerprint density at radius 1 is 0.882 bits per heavy atom. The molecule has 4 heteroatoms. The second-order valence-electron chi connectivity index (χ2n) is 3.31. The van der Waals surface area contributed by atoms with Crippen molar-refractivity contribution in [2.75, 3.05) is 46.2 Å². The van der Waals surface area contributed by atoms with Crippen molar-refractivity contribution in [1.29, 1.82) is 0 Å². The highest BCUT2D eigenvalue weighted by molar-refractivity contribution is 4.63.